The normalized spacial score (nSPS) is 25.0. The summed E-state index contributed by atoms with van der Waals surface area (Å²) in [5, 5.41) is 13.4. The molecule has 0 spiro atoms. The molecule has 0 aromatic heterocycles. The van der Waals surface area contributed by atoms with Crippen LogP contribution in [0.4, 0.5) is 0 Å². The lowest BCUT2D eigenvalue weighted by atomic mass is 9.94. The summed E-state index contributed by atoms with van der Waals surface area (Å²) in [4.78, 5) is 0. The molecule has 0 aliphatic heterocycles. The maximum atomic E-state index is 10.0. The number of benzene rings is 1. The van der Waals surface area contributed by atoms with Gasteiger partial charge in [-0.05, 0) is 38.8 Å². The van der Waals surface area contributed by atoms with Gasteiger partial charge < -0.3 is 15.2 Å². The standard InChI is InChI=1S/C16H25NO2/c1-3-17-12(2)13-8-4-6-10-15(13)19-16-11-7-5-9-14(16)18/h4,6,8,10,12,14,16-18H,3,5,7,9,11H2,1-2H3. The molecule has 1 aromatic carbocycles. The SMILES string of the molecule is CCNC(C)c1ccccc1OC1CCCCC1O. The Hall–Kier alpha value is -1.06. The van der Waals surface area contributed by atoms with Crippen LogP contribution in [0.3, 0.4) is 0 Å². The minimum absolute atomic E-state index is 0.0521. The van der Waals surface area contributed by atoms with E-state index in [4.69, 9.17) is 4.74 Å². The van der Waals surface area contributed by atoms with Crippen LogP contribution in [0.25, 0.3) is 0 Å². The predicted octanol–water partition coefficient (Wildman–Crippen LogP) is 3.04. The van der Waals surface area contributed by atoms with Crippen molar-refractivity contribution in [3.63, 3.8) is 0 Å². The van der Waals surface area contributed by atoms with E-state index in [-0.39, 0.29) is 18.2 Å². The summed E-state index contributed by atoms with van der Waals surface area (Å²) in [6.45, 7) is 5.18. The number of ether oxygens (including phenoxy) is 1. The first-order valence-electron chi connectivity index (χ1n) is 7.39. The van der Waals surface area contributed by atoms with E-state index >= 15 is 0 Å². The van der Waals surface area contributed by atoms with Gasteiger partial charge in [-0.25, -0.2) is 0 Å². The minimum atomic E-state index is -0.323. The van der Waals surface area contributed by atoms with E-state index in [0.29, 0.717) is 0 Å². The molecule has 2 rings (SSSR count). The summed E-state index contributed by atoms with van der Waals surface area (Å²) in [6, 6.07) is 8.39. The Balaban J connectivity index is 2.10. The molecule has 3 atom stereocenters. The quantitative estimate of drug-likeness (QED) is 0.858. The van der Waals surface area contributed by atoms with E-state index in [1.165, 1.54) is 5.56 Å². The van der Waals surface area contributed by atoms with Gasteiger partial charge in [-0.2, -0.15) is 0 Å². The number of hydrogen-bond donors (Lipinski definition) is 2. The first-order chi connectivity index (χ1) is 9.22. The molecule has 3 nitrogen and oxygen atoms in total. The molecule has 0 amide bonds. The molecular weight excluding hydrogens is 238 g/mol. The average molecular weight is 263 g/mol. The molecule has 0 radical (unpaired) electrons. The van der Waals surface area contributed by atoms with E-state index in [0.717, 1.165) is 38.0 Å². The Morgan fingerprint density at radius 1 is 1.32 bits per heavy atom. The Kier molecular flexibility index (Phi) is 5.23. The number of hydrogen-bond acceptors (Lipinski definition) is 3. The molecule has 2 N–H and O–H groups in total. The highest BCUT2D eigenvalue weighted by atomic mass is 16.5. The van der Waals surface area contributed by atoms with Gasteiger partial charge in [0, 0.05) is 11.6 Å². The van der Waals surface area contributed by atoms with Crippen molar-refractivity contribution in [1.82, 2.24) is 5.32 Å². The van der Waals surface area contributed by atoms with Crippen molar-refractivity contribution >= 4 is 0 Å². The van der Waals surface area contributed by atoms with Crippen LogP contribution in [0.2, 0.25) is 0 Å². The van der Waals surface area contributed by atoms with Gasteiger partial charge in [-0.3, -0.25) is 0 Å². The number of para-hydroxylation sites is 1. The smallest absolute Gasteiger partial charge is 0.124 e. The molecule has 1 aliphatic carbocycles. The highest BCUT2D eigenvalue weighted by Gasteiger charge is 2.25. The first-order valence-corrected chi connectivity index (χ1v) is 7.39. The maximum absolute atomic E-state index is 10.0. The van der Waals surface area contributed by atoms with Gasteiger partial charge in [0.05, 0.1) is 6.10 Å². The van der Waals surface area contributed by atoms with E-state index in [2.05, 4.69) is 25.2 Å². The third-order valence-electron chi connectivity index (χ3n) is 3.84. The molecule has 1 saturated carbocycles. The van der Waals surface area contributed by atoms with Crippen LogP contribution in [0.15, 0.2) is 24.3 Å². The van der Waals surface area contributed by atoms with E-state index < -0.39 is 0 Å². The summed E-state index contributed by atoms with van der Waals surface area (Å²) >= 11 is 0. The topological polar surface area (TPSA) is 41.5 Å². The van der Waals surface area contributed by atoms with E-state index in [1.807, 2.05) is 18.2 Å². The molecular formula is C16H25NO2. The average Bonchev–Trinajstić information content (AvgIpc) is 2.42. The van der Waals surface area contributed by atoms with E-state index in [1.54, 1.807) is 0 Å². The first kappa shape index (κ1) is 14.4. The number of aliphatic hydroxyl groups excluding tert-OH is 1. The van der Waals surface area contributed by atoms with Crippen molar-refractivity contribution in [1.29, 1.82) is 0 Å². The summed E-state index contributed by atoms with van der Waals surface area (Å²) in [5.41, 5.74) is 1.17. The molecule has 1 aromatic rings. The fourth-order valence-corrected chi connectivity index (χ4v) is 2.74. The Morgan fingerprint density at radius 2 is 2.05 bits per heavy atom. The summed E-state index contributed by atoms with van der Waals surface area (Å²) in [6.07, 6.45) is 3.68. The van der Waals surface area contributed by atoms with Gasteiger partial charge in [0.15, 0.2) is 0 Å². The van der Waals surface area contributed by atoms with Gasteiger partial charge in [-0.15, -0.1) is 0 Å². The second-order valence-corrected chi connectivity index (χ2v) is 5.33. The van der Waals surface area contributed by atoms with Crippen molar-refractivity contribution in [2.45, 2.75) is 57.8 Å². The Morgan fingerprint density at radius 3 is 2.79 bits per heavy atom. The van der Waals surface area contributed by atoms with Crippen LogP contribution < -0.4 is 10.1 Å². The molecule has 1 aliphatic rings. The summed E-state index contributed by atoms with van der Waals surface area (Å²) < 4.78 is 6.08. The predicted molar refractivity (Wildman–Crippen MR) is 77.4 cm³/mol. The second-order valence-electron chi connectivity index (χ2n) is 5.33. The fraction of sp³-hybridized carbons (Fsp3) is 0.625. The van der Waals surface area contributed by atoms with Crippen LogP contribution in [0, 0.1) is 0 Å². The third kappa shape index (κ3) is 3.71. The molecule has 0 saturated heterocycles. The fourth-order valence-electron chi connectivity index (χ4n) is 2.74. The van der Waals surface area contributed by atoms with Crippen LogP contribution in [-0.2, 0) is 0 Å². The lowest BCUT2D eigenvalue weighted by molar-refractivity contribution is 0.00619. The summed E-state index contributed by atoms with van der Waals surface area (Å²) in [5.74, 6) is 0.905. The van der Waals surface area contributed by atoms with Crippen molar-refractivity contribution in [3.05, 3.63) is 29.8 Å². The van der Waals surface area contributed by atoms with Gasteiger partial charge >= 0.3 is 0 Å². The van der Waals surface area contributed by atoms with Crippen LogP contribution in [0.1, 0.15) is 51.1 Å². The minimum Gasteiger partial charge on any atom is -0.487 e. The molecule has 106 valence electrons. The zero-order chi connectivity index (χ0) is 13.7. The van der Waals surface area contributed by atoms with Gasteiger partial charge in [-0.1, -0.05) is 31.5 Å². The highest BCUT2D eigenvalue weighted by Crippen LogP contribution is 2.29. The zero-order valence-electron chi connectivity index (χ0n) is 11.9. The van der Waals surface area contributed by atoms with Gasteiger partial charge in [0.2, 0.25) is 0 Å². The van der Waals surface area contributed by atoms with Crippen LogP contribution in [-0.4, -0.2) is 23.9 Å². The van der Waals surface area contributed by atoms with E-state index in [9.17, 15) is 5.11 Å². The largest absolute Gasteiger partial charge is 0.487 e. The number of nitrogens with one attached hydrogen (secondary N) is 1. The van der Waals surface area contributed by atoms with Crippen molar-refractivity contribution in [3.8, 4) is 5.75 Å². The highest BCUT2D eigenvalue weighted by molar-refractivity contribution is 5.35. The molecule has 1 fully saturated rings. The van der Waals surface area contributed by atoms with Crippen molar-refractivity contribution < 1.29 is 9.84 Å². The maximum Gasteiger partial charge on any atom is 0.124 e. The Labute approximate surface area is 116 Å². The Bertz CT molecular complexity index is 394. The van der Waals surface area contributed by atoms with Crippen LogP contribution in [0.5, 0.6) is 5.75 Å². The number of rotatable bonds is 5. The summed E-state index contributed by atoms with van der Waals surface area (Å²) in [7, 11) is 0. The van der Waals surface area contributed by atoms with Crippen molar-refractivity contribution in [2.24, 2.45) is 0 Å². The molecule has 3 unspecified atom stereocenters. The molecule has 0 bridgehead atoms. The molecule has 3 heteroatoms. The van der Waals surface area contributed by atoms with Crippen LogP contribution >= 0.6 is 0 Å². The molecule has 0 heterocycles. The van der Waals surface area contributed by atoms with Crippen molar-refractivity contribution in [2.75, 3.05) is 6.54 Å². The van der Waals surface area contributed by atoms with Gasteiger partial charge in [0.1, 0.15) is 11.9 Å². The molecule has 19 heavy (non-hydrogen) atoms. The third-order valence-corrected chi connectivity index (χ3v) is 3.84. The monoisotopic (exact) mass is 263 g/mol. The number of aliphatic hydroxyl groups is 1. The second kappa shape index (κ2) is 6.92. The lowest BCUT2D eigenvalue weighted by Gasteiger charge is -2.29. The lowest BCUT2D eigenvalue weighted by Crippen LogP contribution is -2.35. The zero-order valence-corrected chi connectivity index (χ0v) is 11.9. The van der Waals surface area contributed by atoms with Gasteiger partial charge in [0.25, 0.3) is 0 Å².